The van der Waals surface area contributed by atoms with E-state index in [1.807, 2.05) is 17.0 Å². The number of ether oxygens (including phenoxy) is 2. The molecule has 0 saturated heterocycles. The summed E-state index contributed by atoms with van der Waals surface area (Å²) in [7, 11) is 0. The van der Waals surface area contributed by atoms with Crippen molar-refractivity contribution < 1.29 is 19.1 Å². The summed E-state index contributed by atoms with van der Waals surface area (Å²) in [5.41, 5.74) is 4.32. The monoisotopic (exact) mass is 350 g/mol. The van der Waals surface area contributed by atoms with Gasteiger partial charge in [0, 0.05) is 23.9 Å². The number of hydrogen-bond acceptors (Lipinski definition) is 4. The van der Waals surface area contributed by atoms with E-state index in [2.05, 4.69) is 5.32 Å². The SMILES string of the molecule is O=C(Nc1ccc2c(c1)OCCO2)c1cc2c3c(c1)CC(=O)N3CCC2. The molecule has 3 aliphatic rings. The molecule has 132 valence electrons. The lowest BCUT2D eigenvalue weighted by atomic mass is 9.96. The quantitative estimate of drug-likeness (QED) is 0.904. The fraction of sp³-hybridized carbons (Fsp3) is 0.300. The molecule has 1 N–H and O–H groups in total. The van der Waals surface area contributed by atoms with Gasteiger partial charge in [-0.05, 0) is 48.2 Å². The van der Waals surface area contributed by atoms with Gasteiger partial charge >= 0.3 is 0 Å². The summed E-state index contributed by atoms with van der Waals surface area (Å²) in [5, 5.41) is 2.92. The molecule has 2 aromatic carbocycles. The number of amides is 2. The van der Waals surface area contributed by atoms with Crippen LogP contribution in [0.25, 0.3) is 0 Å². The molecule has 0 radical (unpaired) electrons. The molecular formula is C20H18N2O4. The highest BCUT2D eigenvalue weighted by atomic mass is 16.6. The van der Waals surface area contributed by atoms with Gasteiger partial charge in [0.2, 0.25) is 5.91 Å². The molecule has 0 spiro atoms. The largest absolute Gasteiger partial charge is 0.486 e. The van der Waals surface area contributed by atoms with Crippen LogP contribution >= 0.6 is 0 Å². The van der Waals surface area contributed by atoms with Crippen LogP contribution in [0.15, 0.2) is 30.3 Å². The van der Waals surface area contributed by atoms with E-state index < -0.39 is 0 Å². The lowest BCUT2D eigenvalue weighted by Crippen LogP contribution is -2.31. The highest BCUT2D eigenvalue weighted by Crippen LogP contribution is 2.38. The first kappa shape index (κ1) is 15.3. The minimum absolute atomic E-state index is 0.130. The molecule has 0 aliphatic carbocycles. The number of hydrogen-bond donors (Lipinski definition) is 1. The molecule has 6 nitrogen and oxygen atoms in total. The van der Waals surface area contributed by atoms with E-state index in [-0.39, 0.29) is 11.8 Å². The highest BCUT2D eigenvalue weighted by Gasteiger charge is 2.32. The van der Waals surface area contributed by atoms with Crippen LogP contribution in [0, 0.1) is 0 Å². The number of benzene rings is 2. The Bertz CT molecular complexity index is 938. The second-order valence-corrected chi connectivity index (χ2v) is 6.78. The van der Waals surface area contributed by atoms with Gasteiger partial charge in [-0.3, -0.25) is 9.59 Å². The number of nitrogens with one attached hydrogen (secondary N) is 1. The third kappa shape index (κ3) is 2.41. The lowest BCUT2D eigenvalue weighted by Gasteiger charge is -2.25. The van der Waals surface area contributed by atoms with Gasteiger partial charge in [-0.25, -0.2) is 0 Å². The molecule has 2 amide bonds. The molecule has 6 heteroatoms. The Balaban J connectivity index is 1.43. The Morgan fingerprint density at radius 1 is 1.04 bits per heavy atom. The number of carbonyl (C=O) groups excluding carboxylic acids is 2. The van der Waals surface area contributed by atoms with Crippen LogP contribution in [0.3, 0.4) is 0 Å². The van der Waals surface area contributed by atoms with Crippen molar-refractivity contribution in [1.29, 1.82) is 0 Å². The van der Waals surface area contributed by atoms with Crippen molar-refractivity contribution in [1.82, 2.24) is 0 Å². The summed E-state index contributed by atoms with van der Waals surface area (Å²) >= 11 is 0. The minimum Gasteiger partial charge on any atom is -0.486 e. The molecule has 3 heterocycles. The summed E-state index contributed by atoms with van der Waals surface area (Å²) < 4.78 is 11.1. The minimum atomic E-state index is -0.183. The van der Waals surface area contributed by atoms with E-state index >= 15 is 0 Å². The summed E-state index contributed by atoms with van der Waals surface area (Å²) in [5.74, 6) is 1.27. The molecule has 26 heavy (non-hydrogen) atoms. The number of carbonyl (C=O) groups is 2. The lowest BCUT2D eigenvalue weighted by molar-refractivity contribution is -0.117. The van der Waals surface area contributed by atoms with Gasteiger partial charge in [0.1, 0.15) is 13.2 Å². The zero-order chi connectivity index (χ0) is 17.7. The number of nitrogens with zero attached hydrogens (tertiary/aromatic N) is 1. The summed E-state index contributed by atoms with van der Waals surface area (Å²) in [6.45, 7) is 1.82. The van der Waals surface area contributed by atoms with Crippen molar-refractivity contribution in [2.75, 3.05) is 30.0 Å². The van der Waals surface area contributed by atoms with E-state index in [0.29, 0.717) is 42.4 Å². The first-order chi connectivity index (χ1) is 12.7. The normalized spacial score (nSPS) is 17.1. The first-order valence-electron chi connectivity index (χ1n) is 8.86. The van der Waals surface area contributed by atoms with Crippen molar-refractivity contribution in [3.63, 3.8) is 0 Å². The van der Waals surface area contributed by atoms with Gasteiger partial charge < -0.3 is 19.7 Å². The second kappa shape index (κ2) is 5.76. The number of aryl methyl sites for hydroxylation is 1. The molecule has 3 aliphatic heterocycles. The average Bonchev–Trinajstić information content (AvgIpc) is 2.99. The zero-order valence-corrected chi connectivity index (χ0v) is 14.2. The second-order valence-electron chi connectivity index (χ2n) is 6.78. The average molecular weight is 350 g/mol. The van der Waals surface area contributed by atoms with Crippen molar-refractivity contribution in [3.05, 3.63) is 47.0 Å². The summed E-state index contributed by atoms with van der Waals surface area (Å²) in [6, 6.07) is 9.13. The predicted molar refractivity (Wildman–Crippen MR) is 96.2 cm³/mol. The van der Waals surface area contributed by atoms with Crippen molar-refractivity contribution in [2.45, 2.75) is 19.3 Å². The van der Waals surface area contributed by atoms with E-state index in [1.165, 1.54) is 0 Å². The van der Waals surface area contributed by atoms with Crippen LogP contribution < -0.4 is 19.7 Å². The fourth-order valence-electron chi connectivity index (χ4n) is 3.93. The zero-order valence-electron chi connectivity index (χ0n) is 14.2. The Morgan fingerprint density at radius 2 is 1.85 bits per heavy atom. The van der Waals surface area contributed by atoms with Crippen LogP contribution in [-0.2, 0) is 17.6 Å². The van der Waals surface area contributed by atoms with Gasteiger partial charge in [-0.2, -0.15) is 0 Å². The van der Waals surface area contributed by atoms with Gasteiger partial charge in [-0.1, -0.05) is 0 Å². The maximum atomic E-state index is 12.7. The Hall–Kier alpha value is -3.02. The Morgan fingerprint density at radius 3 is 2.73 bits per heavy atom. The Kier molecular flexibility index (Phi) is 3.38. The van der Waals surface area contributed by atoms with Crippen LogP contribution in [0.1, 0.15) is 27.9 Å². The molecule has 0 atom stereocenters. The molecule has 0 bridgehead atoms. The van der Waals surface area contributed by atoms with Crippen molar-refractivity contribution >= 4 is 23.2 Å². The van der Waals surface area contributed by atoms with Gasteiger partial charge in [0.15, 0.2) is 11.5 Å². The smallest absolute Gasteiger partial charge is 0.255 e. The van der Waals surface area contributed by atoms with Crippen LogP contribution in [0.2, 0.25) is 0 Å². The highest BCUT2D eigenvalue weighted by molar-refractivity contribution is 6.08. The van der Waals surface area contributed by atoms with Crippen LogP contribution in [0.4, 0.5) is 11.4 Å². The molecule has 0 fully saturated rings. The molecule has 5 rings (SSSR count). The van der Waals surface area contributed by atoms with Crippen molar-refractivity contribution in [3.8, 4) is 11.5 Å². The fourth-order valence-corrected chi connectivity index (χ4v) is 3.93. The maximum Gasteiger partial charge on any atom is 0.255 e. The van der Waals surface area contributed by atoms with Gasteiger partial charge in [0.05, 0.1) is 12.1 Å². The predicted octanol–water partition coefficient (Wildman–Crippen LogP) is 2.55. The van der Waals surface area contributed by atoms with E-state index in [4.69, 9.17) is 9.47 Å². The summed E-state index contributed by atoms with van der Waals surface area (Å²) in [4.78, 5) is 26.8. The van der Waals surface area contributed by atoms with Crippen molar-refractivity contribution in [2.24, 2.45) is 0 Å². The number of fused-ring (bicyclic) bond motifs is 1. The van der Waals surface area contributed by atoms with Gasteiger partial charge in [0.25, 0.3) is 5.91 Å². The standard InChI is InChI=1S/C20H18N2O4/c23-18-10-13-9-14(8-12-2-1-5-22(18)19(12)13)20(24)21-15-3-4-16-17(11-15)26-7-6-25-16/h3-4,8-9,11H,1-2,5-7,10H2,(H,21,24). The Labute approximate surface area is 150 Å². The van der Waals surface area contributed by atoms with E-state index in [0.717, 1.165) is 36.2 Å². The first-order valence-corrected chi connectivity index (χ1v) is 8.86. The van der Waals surface area contributed by atoms with Crippen LogP contribution in [0.5, 0.6) is 11.5 Å². The molecule has 0 aromatic heterocycles. The molecule has 2 aromatic rings. The molecule has 0 unspecified atom stereocenters. The third-order valence-corrected chi connectivity index (χ3v) is 5.07. The van der Waals surface area contributed by atoms with Gasteiger partial charge in [-0.15, -0.1) is 0 Å². The number of rotatable bonds is 2. The van der Waals surface area contributed by atoms with E-state index in [1.54, 1.807) is 18.2 Å². The molecule has 0 saturated carbocycles. The number of anilines is 2. The maximum absolute atomic E-state index is 12.7. The third-order valence-electron chi connectivity index (χ3n) is 5.07. The van der Waals surface area contributed by atoms with Crippen LogP contribution in [-0.4, -0.2) is 31.6 Å². The van der Waals surface area contributed by atoms with E-state index in [9.17, 15) is 9.59 Å². The topological polar surface area (TPSA) is 67.9 Å². The summed E-state index contributed by atoms with van der Waals surface area (Å²) in [6.07, 6.45) is 2.22. The molecular weight excluding hydrogens is 332 g/mol.